The van der Waals surface area contributed by atoms with Crippen LogP contribution in [0.5, 0.6) is 0 Å². The predicted molar refractivity (Wildman–Crippen MR) is 80.5 cm³/mol. The Hall–Kier alpha value is -2.11. The third kappa shape index (κ3) is 7.35. The first-order valence-electron chi connectivity index (χ1n) is 6.66. The van der Waals surface area contributed by atoms with E-state index in [1.165, 1.54) is 0 Å². The number of nitrogens with zero attached hydrogens (tertiary/aromatic N) is 2. The molecule has 0 aromatic carbocycles. The molecule has 0 atom stereocenters. The lowest BCUT2D eigenvalue weighted by Crippen LogP contribution is -2.50. The minimum absolute atomic E-state index is 0.192. The molecule has 1 aromatic rings. The highest BCUT2D eigenvalue weighted by Crippen LogP contribution is 2.00. The first-order chi connectivity index (χ1) is 9.37. The van der Waals surface area contributed by atoms with Crippen molar-refractivity contribution in [3.8, 4) is 0 Å². The molecule has 0 unspecified atom stereocenters. The number of hydrogen-bond donors (Lipinski definition) is 3. The Balaban J connectivity index is 2.47. The molecule has 2 amide bonds. The van der Waals surface area contributed by atoms with Crippen LogP contribution in [-0.4, -0.2) is 29.1 Å². The van der Waals surface area contributed by atoms with Gasteiger partial charge in [0.05, 0.1) is 0 Å². The summed E-state index contributed by atoms with van der Waals surface area (Å²) in [5.41, 5.74) is 5.97. The number of rotatable bonds is 4. The molecule has 0 saturated carbocycles. The van der Waals surface area contributed by atoms with Crippen LogP contribution in [0.4, 0.5) is 4.79 Å². The summed E-state index contributed by atoms with van der Waals surface area (Å²) in [5, 5.41) is 5.61. The summed E-state index contributed by atoms with van der Waals surface area (Å²) in [7, 11) is 0. The quantitative estimate of drug-likeness (QED) is 0.441. The van der Waals surface area contributed by atoms with Crippen LogP contribution < -0.4 is 16.4 Å². The van der Waals surface area contributed by atoms with E-state index in [-0.39, 0.29) is 5.54 Å². The normalized spacial score (nSPS) is 12.1. The van der Waals surface area contributed by atoms with Gasteiger partial charge in [0.15, 0.2) is 5.96 Å². The van der Waals surface area contributed by atoms with Crippen LogP contribution in [0.2, 0.25) is 0 Å². The van der Waals surface area contributed by atoms with E-state index >= 15 is 0 Å². The van der Waals surface area contributed by atoms with Crippen LogP contribution in [0.1, 0.15) is 32.9 Å². The fourth-order valence-electron chi connectivity index (χ4n) is 1.58. The van der Waals surface area contributed by atoms with Gasteiger partial charge in [0.25, 0.3) is 0 Å². The number of amides is 2. The molecule has 1 rings (SSSR count). The number of guanidine groups is 1. The number of carbonyl (C=O) groups is 1. The largest absolute Gasteiger partial charge is 0.351 e. The molecular formula is C14H23N5O. The molecule has 20 heavy (non-hydrogen) atoms. The van der Waals surface area contributed by atoms with Crippen LogP contribution in [0, 0.1) is 0 Å². The van der Waals surface area contributed by atoms with Crippen LogP contribution in [-0.2, 0) is 6.42 Å². The van der Waals surface area contributed by atoms with Crippen molar-refractivity contribution in [2.75, 3.05) is 6.54 Å². The topological polar surface area (TPSA) is 92.4 Å². The van der Waals surface area contributed by atoms with Crippen LogP contribution >= 0.6 is 0 Å². The summed E-state index contributed by atoms with van der Waals surface area (Å²) in [6, 6.07) is 5.22. The number of pyridine rings is 1. The van der Waals surface area contributed by atoms with Crippen LogP contribution in [0.15, 0.2) is 29.4 Å². The van der Waals surface area contributed by atoms with Crippen LogP contribution in [0.25, 0.3) is 0 Å². The minimum atomic E-state index is -0.620. The van der Waals surface area contributed by atoms with Crippen molar-refractivity contribution in [2.45, 2.75) is 39.2 Å². The number of hydrogen-bond acceptors (Lipinski definition) is 3. The Morgan fingerprint density at radius 3 is 2.70 bits per heavy atom. The molecule has 110 valence electrons. The summed E-state index contributed by atoms with van der Waals surface area (Å²) in [6.07, 6.45) is 3.48. The van der Waals surface area contributed by atoms with E-state index in [0.717, 1.165) is 18.5 Å². The van der Waals surface area contributed by atoms with E-state index in [4.69, 9.17) is 5.73 Å². The fraction of sp³-hybridized carbons (Fsp3) is 0.500. The van der Waals surface area contributed by atoms with Crippen molar-refractivity contribution >= 4 is 12.0 Å². The van der Waals surface area contributed by atoms with Crippen molar-refractivity contribution in [1.29, 1.82) is 0 Å². The number of aryl methyl sites for hydroxylation is 1. The van der Waals surface area contributed by atoms with Gasteiger partial charge in [-0.2, -0.15) is 0 Å². The number of primary amides is 1. The molecular weight excluding hydrogens is 254 g/mol. The molecule has 0 aliphatic rings. The zero-order valence-electron chi connectivity index (χ0n) is 12.3. The number of nitrogens with one attached hydrogen (secondary N) is 2. The standard InChI is InChI=1S/C14H23N5O/c1-14(2,3)19-13(18-12(15)20)17-10-6-8-11-7-4-5-9-16-11/h4-5,7,9H,6,8,10H2,1-3H3,(H4,15,17,18,19,20). The van der Waals surface area contributed by atoms with Gasteiger partial charge >= 0.3 is 6.03 Å². The molecule has 0 bridgehead atoms. The van der Waals surface area contributed by atoms with Gasteiger partial charge in [-0.3, -0.25) is 15.3 Å². The molecule has 4 N–H and O–H groups in total. The number of aliphatic imine (C=N–C) groups is 1. The Morgan fingerprint density at radius 1 is 1.40 bits per heavy atom. The van der Waals surface area contributed by atoms with Gasteiger partial charge in [-0.25, -0.2) is 4.79 Å². The Bertz CT molecular complexity index is 450. The second-order valence-corrected chi connectivity index (χ2v) is 5.52. The lowest BCUT2D eigenvalue weighted by Gasteiger charge is -2.23. The summed E-state index contributed by atoms with van der Waals surface area (Å²) in [6.45, 7) is 6.55. The highest BCUT2D eigenvalue weighted by Gasteiger charge is 2.13. The monoisotopic (exact) mass is 277 g/mol. The van der Waals surface area contributed by atoms with Gasteiger partial charge < -0.3 is 11.1 Å². The first-order valence-corrected chi connectivity index (χ1v) is 6.66. The number of aromatic nitrogens is 1. The third-order valence-corrected chi connectivity index (χ3v) is 2.32. The van der Waals surface area contributed by atoms with Gasteiger partial charge in [-0.15, -0.1) is 0 Å². The van der Waals surface area contributed by atoms with E-state index < -0.39 is 6.03 Å². The number of carbonyl (C=O) groups excluding carboxylic acids is 1. The van der Waals surface area contributed by atoms with Gasteiger partial charge in [0.1, 0.15) is 0 Å². The second-order valence-electron chi connectivity index (χ2n) is 5.52. The average Bonchev–Trinajstić information content (AvgIpc) is 2.33. The molecule has 0 aliphatic heterocycles. The summed E-state index contributed by atoms with van der Waals surface area (Å²) in [4.78, 5) is 19.5. The van der Waals surface area contributed by atoms with Gasteiger partial charge in [0.2, 0.25) is 0 Å². The van der Waals surface area contributed by atoms with Gasteiger partial charge in [-0.05, 0) is 45.7 Å². The lowest BCUT2D eigenvalue weighted by atomic mass is 10.1. The molecule has 1 heterocycles. The lowest BCUT2D eigenvalue weighted by molar-refractivity contribution is 0.252. The van der Waals surface area contributed by atoms with E-state index in [1.54, 1.807) is 6.20 Å². The van der Waals surface area contributed by atoms with Crippen LogP contribution in [0.3, 0.4) is 0 Å². The molecule has 0 saturated heterocycles. The number of urea groups is 1. The molecule has 6 nitrogen and oxygen atoms in total. The molecule has 6 heteroatoms. The van der Waals surface area contributed by atoms with Gasteiger partial charge in [0, 0.05) is 24.0 Å². The molecule has 0 radical (unpaired) electrons. The average molecular weight is 277 g/mol. The van der Waals surface area contributed by atoms with Crippen molar-refractivity contribution in [3.05, 3.63) is 30.1 Å². The Kier molecular flexibility index (Phi) is 5.96. The fourth-order valence-corrected chi connectivity index (χ4v) is 1.58. The Labute approximate surface area is 119 Å². The predicted octanol–water partition coefficient (Wildman–Crippen LogP) is 1.43. The molecule has 1 aromatic heterocycles. The SMILES string of the molecule is CC(C)(C)NC(=NCCCc1ccccn1)NC(N)=O. The minimum Gasteiger partial charge on any atom is -0.351 e. The van der Waals surface area contributed by atoms with Crippen molar-refractivity contribution in [2.24, 2.45) is 10.7 Å². The van der Waals surface area contributed by atoms with E-state index in [9.17, 15) is 4.79 Å². The zero-order chi connectivity index (χ0) is 15.0. The van der Waals surface area contributed by atoms with E-state index in [0.29, 0.717) is 12.5 Å². The second kappa shape index (κ2) is 7.47. The summed E-state index contributed by atoms with van der Waals surface area (Å²) >= 11 is 0. The maximum atomic E-state index is 10.9. The third-order valence-electron chi connectivity index (χ3n) is 2.32. The maximum absolute atomic E-state index is 10.9. The molecule has 0 spiro atoms. The number of nitrogens with two attached hydrogens (primary N) is 1. The van der Waals surface area contributed by atoms with Crippen molar-refractivity contribution in [1.82, 2.24) is 15.6 Å². The van der Waals surface area contributed by atoms with E-state index in [1.807, 2.05) is 39.0 Å². The summed E-state index contributed by atoms with van der Waals surface area (Å²) < 4.78 is 0. The zero-order valence-corrected chi connectivity index (χ0v) is 12.3. The highest BCUT2D eigenvalue weighted by molar-refractivity contribution is 5.95. The Morgan fingerprint density at radius 2 is 2.15 bits per heavy atom. The maximum Gasteiger partial charge on any atom is 0.318 e. The van der Waals surface area contributed by atoms with Gasteiger partial charge in [-0.1, -0.05) is 6.07 Å². The van der Waals surface area contributed by atoms with Crippen molar-refractivity contribution < 1.29 is 4.79 Å². The molecule has 0 aliphatic carbocycles. The molecule has 0 fully saturated rings. The van der Waals surface area contributed by atoms with E-state index in [2.05, 4.69) is 20.6 Å². The highest BCUT2D eigenvalue weighted by atomic mass is 16.2. The van der Waals surface area contributed by atoms with Crippen molar-refractivity contribution in [3.63, 3.8) is 0 Å². The summed E-state index contributed by atoms with van der Waals surface area (Å²) in [5.74, 6) is 0.408. The smallest absolute Gasteiger partial charge is 0.318 e. The first kappa shape index (κ1) is 15.9.